The first-order valence-electron chi connectivity index (χ1n) is 9.42. The van der Waals surface area contributed by atoms with E-state index in [9.17, 15) is 0 Å². The third kappa shape index (κ3) is 2.69. The molecule has 1 atom stereocenters. The van der Waals surface area contributed by atoms with E-state index in [1.54, 1.807) is 6.33 Å². The van der Waals surface area contributed by atoms with Crippen molar-refractivity contribution in [1.29, 1.82) is 0 Å². The van der Waals surface area contributed by atoms with Crippen molar-refractivity contribution in [3.05, 3.63) is 36.8 Å². The first-order chi connectivity index (χ1) is 12.4. The van der Waals surface area contributed by atoms with E-state index in [-0.39, 0.29) is 0 Å². The molecule has 6 nitrogen and oxygen atoms in total. The van der Waals surface area contributed by atoms with Crippen LogP contribution in [0.1, 0.15) is 43.8 Å². The number of hydrogen-bond donors (Lipinski definition) is 1. The lowest BCUT2D eigenvalue weighted by molar-refractivity contribution is 0.270. The Morgan fingerprint density at radius 1 is 1.12 bits per heavy atom. The molecule has 0 bridgehead atoms. The van der Waals surface area contributed by atoms with Crippen molar-refractivity contribution in [2.24, 2.45) is 5.92 Å². The van der Waals surface area contributed by atoms with E-state index in [0.717, 1.165) is 42.4 Å². The number of nitrogens with one attached hydrogen (secondary N) is 1. The molecule has 130 valence electrons. The summed E-state index contributed by atoms with van der Waals surface area (Å²) in [5.41, 5.74) is 0.915. The third-order valence-electron chi connectivity index (χ3n) is 5.85. The average molecular weight is 336 g/mol. The minimum Gasteiger partial charge on any atom is -0.355 e. The largest absolute Gasteiger partial charge is 0.355 e. The number of rotatable bonds is 4. The normalized spacial score (nSPS) is 21.6. The molecule has 1 aliphatic heterocycles. The molecule has 0 aromatic carbocycles. The number of piperidine rings is 1. The molecule has 3 aromatic rings. The predicted octanol–water partition coefficient (Wildman–Crippen LogP) is 3.34. The first kappa shape index (κ1) is 14.9. The average Bonchev–Trinajstić information content (AvgIpc) is 3.27. The van der Waals surface area contributed by atoms with Gasteiger partial charge in [0.1, 0.15) is 23.6 Å². The van der Waals surface area contributed by atoms with Crippen LogP contribution in [0, 0.1) is 5.92 Å². The molecule has 0 spiro atoms. The second-order valence-electron chi connectivity index (χ2n) is 7.46. The van der Waals surface area contributed by atoms with Crippen LogP contribution >= 0.6 is 0 Å². The van der Waals surface area contributed by atoms with Gasteiger partial charge in [-0.3, -0.25) is 0 Å². The zero-order valence-electron chi connectivity index (χ0n) is 14.4. The Hall–Kier alpha value is -2.37. The number of fused-ring (bicyclic) bond motifs is 1. The molecule has 1 saturated heterocycles. The molecule has 6 heteroatoms. The zero-order chi connectivity index (χ0) is 16.6. The van der Waals surface area contributed by atoms with Gasteiger partial charge in [0.05, 0.1) is 5.39 Å². The molecule has 3 aromatic heterocycles. The SMILES string of the molecule is c1cn(CC2CCC2)c([C@H]2CCCN(c3ncnc4[nH]ccc34)C2)n1. The fourth-order valence-corrected chi connectivity index (χ4v) is 4.28. The van der Waals surface area contributed by atoms with Crippen molar-refractivity contribution in [2.45, 2.75) is 44.6 Å². The Kier molecular flexibility index (Phi) is 3.68. The van der Waals surface area contributed by atoms with Crippen LogP contribution < -0.4 is 4.90 Å². The van der Waals surface area contributed by atoms with E-state index in [2.05, 4.69) is 36.7 Å². The Morgan fingerprint density at radius 3 is 2.96 bits per heavy atom. The number of imidazole rings is 1. The van der Waals surface area contributed by atoms with Gasteiger partial charge >= 0.3 is 0 Å². The standard InChI is InChI=1S/C19H24N6/c1-3-14(4-1)11-25-10-8-21-18(25)15-5-2-9-24(12-15)19-16-6-7-20-17(16)22-13-23-19/h6-8,10,13-15H,1-5,9,11-12H2,(H,20,22,23)/t15-/m0/s1. The van der Waals surface area contributed by atoms with Crippen LogP contribution in [0.25, 0.3) is 11.0 Å². The molecule has 1 aliphatic carbocycles. The highest BCUT2D eigenvalue weighted by molar-refractivity contribution is 5.87. The quantitative estimate of drug-likeness (QED) is 0.794. The molecular weight excluding hydrogens is 312 g/mol. The number of nitrogens with zero attached hydrogens (tertiary/aromatic N) is 5. The molecule has 0 amide bonds. The molecule has 0 unspecified atom stereocenters. The fourth-order valence-electron chi connectivity index (χ4n) is 4.28. The van der Waals surface area contributed by atoms with Gasteiger partial charge in [-0.1, -0.05) is 6.42 Å². The maximum atomic E-state index is 4.73. The maximum absolute atomic E-state index is 4.73. The summed E-state index contributed by atoms with van der Waals surface area (Å²) in [4.78, 5) is 19.2. The van der Waals surface area contributed by atoms with Gasteiger partial charge in [-0.15, -0.1) is 0 Å². The summed E-state index contributed by atoms with van der Waals surface area (Å²) >= 11 is 0. The summed E-state index contributed by atoms with van der Waals surface area (Å²) in [6.45, 7) is 3.18. The molecule has 5 rings (SSSR count). The van der Waals surface area contributed by atoms with Crippen LogP contribution in [0.4, 0.5) is 5.82 Å². The fraction of sp³-hybridized carbons (Fsp3) is 0.526. The molecule has 0 radical (unpaired) electrons. The lowest BCUT2D eigenvalue weighted by Crippen LogP contribution is -2.36. The van der Waals surface area contributed by atoms with Crippen LogP contribution in [0.5, 0.6) is 0 Å². The second kappa shape index (κ2) is 6.17. The Bertz CT molecular complexity index is 862. The van der Waals surface area contributed by atoms with Crippen molar-refractivity contribution < 1.29 is 0 Å². The van der Waals surface area contributed by atoms with Crippen LogP contribution in [0.2, 0.25) is 0 Å². The molecular formula is C19H24N6. The van der Waals surface area contributed by atoms with E-state index < -0.39 is 0 Å². The number of H-pyrrole nitrogens is 1. The van der Waals surface area contributed by atoms with Crippen molar-refractivity contribution in [3.63, 3.8) is 0 Å². The van der Waals surface area contributed by atoms with Gasteiger partial charge in [-0.05, 0) is 37.7 Å². The number of aromatic nitrogens is 5. The second-order valence-corrected chi connectivity index (χ2v) is 7.46. The van der Waals surface area contributed by atoms with E-state index in [1.165, 1.54) is 37.9 Å². The summed E-state index contributed by atoms with van der Waals surface area (Å²) < 4.78 is 2.41. The van der Waals surface area contributed by atoms with E-state index in [4.69, 9.17) is 4.98 Å². The summed E-state index contributed by atoms with van der Waals surface area (Å²) in [5, 5.41) is 1.11. The van der Waals surface area contributed by atoms with Gasteiger partial charge in [-0.25, -0.2) is 15.0 Å². The maximum Gasteiger partial charge on any atom is 0.142 e. The highest BCUT2D eigenvalue weighted by Gasteiger charge is 2.28. The van der Waals surface area contributed by atoms with Gasteiger partial charge in [0, 0.05) is 44.1 Å². The van der Waals surface area contributed by atoms with E-state index >= 15 is 0 Å². The highest BCUT2D eigenvalue weighted by Crippen LogP contribution is 2.33. The number of hydrogen-bond acceptors (Lipinski definition) is 4. The molecule has 25 heavy (non-hydrogen) atoms. The van der Waals surface area contributed by atoms with E-state index in [0.29, 0.717) is 5.92 Å². The Morgan fingerprint density at radius 2 is 2.08 bits per heavy atom. The summed E-state index contributed by atoms with van der Waals surface area (Å²) in [5.74, 6) is 3.64. The minimum absolute atomic E-state index is 0.479. The van der Waals surface area contributed by atoms with Crippen molar-refractivity contribution in [1.82, 2.24) is 24.5 Å². The van der Waals surface area contributed by atoms with Gasteiger partial charge in [0.25, 0.3) is 0 Å². The van der Waals surface area contributed by atoms with Gasteiger partial charge in [0.2, 0.25) is 0 Å². The number of aromatic amines is 1. The van der Waals surface area contributed by atoms with Crippen molar-refractivity contribution >= 4 is 16.9 Å². The lowest BCUT2D eigenvalue weighted by atomic mass is 9.85. The van der Waals surface area contributed by atoms with Crippen molar-refractivity contribution in [3.8, 4) is 0 Å². The third-order valence-corrected chi connectivity index (χ3v) is 5.85. The Labute approximate surface area is 147 Å². The lowest BCUT2D eigenvalue weighted by Gasteiger charge is -2.34. The smallest absolute Gasteiger partial charge is 0.142 e. The van der Waals surface area contributed by atoms with Gasteiger partial charge in [0.15, 0.2) is 0 Å². The van der Waals surface area contributed by atoms with Crippen LogP contribution in [0.3, 0.4) is 0 Å². The van der Waals surface area contributed by atoms with Crippen LogP contribution in [-0.2, 0) is 6.54 Å². The van der Waals surface area contributed by atoms with E-state index in [1.807, 2.05) is 12.4 Å². The molecule has 2 fully saturated rings. The molecule has 1 N–H and O–H groups in total. The predicted molar refractivity (Wildman–Crippen MR) is 97.6 cm³/mol. The summed E-state index contributed by atoms with van der Waals surface area (Å²) in [6.07, 6.45) is 14.3. The summed E-state index contributed by atoms with van der Waals surface area (Å²) in [7, 11) is 0. The van der Waals surface area contributed by atoms with Crippen LogP contribution in [-0.4, -0.2) is 37.6 Å². The molecule has 1 saturated carbocycles. The van der Waals surface area contributed by atoms with Gasteiger partial charge in [-0.2, -0.15) is 0 Å². The topological polar surface area (TPSA) is 62.6 Å². The van der Waals surface area contributed by atoms with Gasteiger partial charge < -0.3 is 14.5 Å². The number of anilines is 1. The minimum atomic E-state index is 0.479. The first-order valence-corrected chi connectivity index (χ1v) is 9.42. The highest BCUT2D eigenvalue weighted by atomic mass is 15.2. The van der Waals surface area contributed by atoms with Crippen molar-refractivity contribution in [2.75, 3.05) is 18.0 Å². The summed E-state index contributed by atoms with van der Waals surface area (Å²) in [6, 6.07) is 2.08. The van der Waals surface area contributed by atoms with Crippen LogP contribution in [0.15, 0.2) is 31.0 Å². The zero-order valence-corrected chi connectivity index (χ0v) is 14.4. The monoisotopic (exact) mass is 336 g/mol. The molecule has 4 heterocycles. The Balaban J connectivity index is 1.39. The molecule has 2 aliphatic rings.